The quantitative estimate of drug-likeness (QED) is 0.192. The maximum Gasteiger partial charge on any atom is 0.490 e. The van der Waals surface area contributed by atoms with Crippen LogP contribution in [0.25, 0.3) is 10.9 Å². The lowest BCUT2D eigenvalue weighted by molar-refractivity contribution is -0.192. The number of carboxylic acid groups (broad SMARTS) is 1. The van der Waals surface area contributed by atoms with Gasteiger partial charge in [-0.25, -0.2) is 4.79 Å². The second-order valence-corrected chi connectivity index (χ2v) is 13.5. The highest BCUT2D eigenvalue weighted by Gasteiger charge is 2.40. The summed E-state index contributed by atoms with van der Waals surface area (Å²) in [4.78, 5) is 79.8. The van der Waals surface area contributed by atoms with E-state index >= 15 is 0 Å². The maximum atomic E-state index is 13.6. The van der Waals surface area contributed by atoms with Crippen LogP contribution in [0.4, 0.5) is 13.2 Å². The van der Waals surface area contributed by atoms with Gasteiger partial charge in [-0.3, -0.25) is 24.0 Å². The highest BCUT2D eigenvalue weighted by molar-refractivity contribution is 6.02. The SMILES string of the molecule is COc1cccc2[nH]c(C(=O)N[C@@H](CC(C)C)C(=O)N[C@@H](C[C@@H]3CCNC3=O)C(=O)COC(=O)C3(C)CCN(C)CC3)cc12.O=C(O)C(F)(F)F. The van der Waals surface area contributed by atoms with Crippen molar-refractivity contribution < 1.29 is 56.5 Å². The zero-order valence-electron chi connectivity index (χ0n) is 29.3. The molecule has 17 heteroatoms. The van der Waals surface area contributed by atoms with E-state index in [-0.39, 0.29) is 23.9 Å². The van der Waals surface area contributed by atoms with Gasteiger partial charge < -0.3 is 40.4 Å². The molecular weight excluding hydrogens is 679 g/mol. The number of hydrogen-bond acceptors (Lipinski definition) is 9. The number of aromatic nitrogens is 1. The molecule has 3 amide bonds. The molecule has 2 aliphatic rings. The zero-order chi connectivity index (χ0) is 38.1. The molecule has 51 heavy (non-hydrogen) atoms. The van der Waals surface area contributed by atoms with E-state index in [0.717, 1.165) is 18.5 Å². The normalized spacial score (nSPS) is 18.5. The van der Waals surface area contributed by atoms with Gasteiger partial charge in [0.1, 0.15) is 17.5 Å². The Morgan fingerprint density at radius 3 is 2.29 bits per heavy atom. The van der Waals surface area contributed by atoms with Crippen molar-refractivity contribution in [3.05, 3.63) is 30.0 Å². The number of aromatic amines is 1. The van der Waals surface area contributed by atoms with E-state index in [0.29, 0.717) is 43.5 Å². The molecular formula is C34H46F3N5O9. The second-order valence-electron chi connectivity index (χ2n) is 13.5. The van der Waals surface area contributed by atoms with Crippen molar-refractivity contribution in [2.45, 2.75) is 71.1 Å². The first-order valence-corrected chi connectivity index (χ1v) is 16.6. The molecule has 0 unspecified atom stereocenters. The standard InChI is InChI=1S/C32H45N5O7.C2HF3O2/c1-19(2)15-24(36-30(41)25-17-21-22(34-25)7-6-8-27(21)43-5)29(40)35-23(16-20-9-12-33-28(20)39)26(38)18-44-31(42)32(3)10-13-37(4)14-11-32;3-2(4,5)1(6)7/h6-8,17,19-20,23-24,34H,9-16,18H2,1-5H3,(H,33,39)(H,35,40)(H,36,41);(H,6,7)/t20-,23-,24-;/m0./s1. The van der Waals surface area contributed by atoms with Crippen molar-refractivity contribution in [1.29, 1.82) is 0 Å². The molecule has 4 rings (SSSR count). The summed E-state index contributed by atoms with van der Waals surface area (Å²) < 4.78 is 42.6. The first kappa shape index (κ1) is 40.8. The van der Waals surface area contributed by atoms with Crippen LogP contribution >= 0.6 is 0 Å². The molecule has 3 atom stereocenters. The fourth-order valence-electron chi connectivity index (χ4n) is 5.79. The summed E-state index contributed by atoms with van der Waals surface area (Å²) in [7, 11) is 3.54. The van der Waals surface area contributed by atoms with Crippen molar-refractivity contribution in [2.75, 3.05) is 40.4 Å². The first-order chi connectivity index (χ1) is 23.8. The molecule has 2 aliphatic heterocycles. The number of ketones is 1. The van der Waals surface area contributed by atoms with E-state index in [9.17, 15) is 37.1 Å². The van der Waals surface area contributed by atoms with Gasteiger partial charge in [0.15, 0.2) is 12.4 Å². The number of likely N-dealkylation sites (tertiary alicyclic amines) is 1. The smallest absolute Gasteiger partial charge is 0.490 e. The Bertz CT molecular complexity index is 1580. The van der Waals surface area contributed by atoms with Crippen LogP contribution < -0.4 is 20.7 Å². The number of methoxy groups -OCH3 is 1. The van der Waals surface area contributed by atoms with Gasteiger partial charge in [0.2, 0.25) is 11.8 Å². The van der Waals surface area contributed by atoms with Crippen molar-refractivity contribution in [3.8, 4) is 5.75 Å². The lowest BCUT2D eigenvalue weighted by atomic mass is 9.80. The number of ether oxygens (including phenoxy) is 2. The topological polar surface area (TPSA) is 196 Å². The number of alkyl halides is 3. The van der Waals surface area contributed by atoms with Gasteiger partial charge in [0, 0.05) is 23.4 Å². The number of H-pyrrole nitrogens is 1. The summed E-state index contributed by atoms with van der Waals surface area (Å²) in [6.07, 6.45) is -2.93. The molecule has 0 saturated carbocycles. The number of carbonyl (C=O) groups is 6. The number of nitrogens with zero attached hydrogens (tertiary/aromatic N) is 1. The molecule has 282 valence electrons. The number of carboxylic acids is 1. The van der Waals surface area contributed by atoms with E-state index in [1.807, 2.05) is 40.0 Å². The molecule has 14 nitrogen and oxygen atoms in total. The Labute approximate surface area is 293 Å². The van der Waals surface area contributed by atoms with Gasteiger partial charge in [0.05, 0.1) is 18.6 Å². The van der Waals surface area contributed by atoms with Crippen LogP contribution in [0, 0.1) is 17.3 Å². The Kier molecular flexibility index (Phi) is 14.0. The molecule has 2 fully saturated rings. The molecule has 0 radical (unpaired) electrons. The van der Waals surface area contributed by atoms with E-state index < -0.39 is 65.7 Å². The molecule has 5 N–H and O–H groups in total. The molecule has 2 aromatic rings. The van der Waals surface area contributed by atoms with Gasteiger partial charge in [-0.15, -0.1) is 0 Å². The summed E-state index contributed by atoms with van der Waals surface area (Å²) in [5, 5.41) is 16.2. The van der Waals surface area contributed by atoms with E-state index in [1.165, 1.54) is 0 Å². The summed E-state index contributed by atoms with van der Waals surface area (Å²) in [6.45, 7) is 7.18. The van der Waals surface area contributed by atoms with Crippen molar-refractivity contribution in [2.24, 2.45) is 17.3 Å². The van der Waals surface area contributed by atoms with Gasteiger partial charge in [-0.1, -0.05) is 19.9 Å². The monoisotopic (exact) mass is 725 g/mol. The summed E-state index contributed by atoms with van der Waals surface area (Å²) in [6, 6.07) is 5.06. The van der Waals surface area contributed by atoms with Gasteiger partial charge in [0.25, 0.3) is 5.91 Å². The van der Waals surface area contributed by atoms with Crippen molar-refractivity contribution >= 4 is 46.3 Å². The maximum absolute atomic E-state index is 13.6. The van der Waals surface area contributed by atoms with Crippen molar-refractivity contribution in [1.82, 2.24) is 25.8 Å². The molecule has 1 aromatic heterocycles. The third-order valence-electron chi connectivity index (χ3n) is 8.98. The third kappa shape index (κ3) is 11.4. The largest absolute Gasteiger partial charge is 0.496 e. The highest BCUT2D eigenvalue weighted by atomic mass is 19.4. The number of fused-ring (bicyclic) bond motifs is 1. The fourth-order valence-corrected chi connectivity index (χ4v) is 5.79. The van der Waals surface area contributed by atoms with Crippen LogP contribution in [0.3, 0.4) is 0 Å². The molecule has 2 saturated heterocycles. The number of esters is 1. The van der Waals surface area contributed by atoms with E-state index in [1.54, 1.807) is 19.2 Å². The average Bonchev–Trinajstić information content (AvgIpc) is 3.69. The summed E-state index contributed by atoms with van der Waals surface area (Å²) in [5.74, 6) is -4.74. The highest BCUT2D eigenvalue weighted by Crippen LogP contribution is 2.32. The minimum atomic E-state index is -5.08. The van der Waals surface area contributed by atoms with Crippen LogP contribution in [0.2, 0.25) is 0 Å². The number of aliphatic carboxylic acids is 1. The van der Waals surface area contributed by atoms with Gasteiger partial charge in [-0.2, -0.15) is 13.2 Å². The lowest BCUT2D eigenvalue weighted by Gasteiger charge is -2.35. The van der Waals surface area contributed by atoms with Crippen molar-refractivity contribution in [3.63, 3.8) is 0 Å². The van der Waals surface area contributed by atoms with E-state index in [4.69, 9.17) is 19.4 Å². The molecule has 0 spiro atoms. The Morgan fingerprint density at radius 1 is 1.10 bits per heavy atom. The predicted molar refractivity (Wildman–Crippen MR) is 178 cm³/mol. The number of halogens is 3. The molecule has 3 heterocycles. The first-order valence-electron chi connectivity index (χ1n) is 16.6. The Balaban J connectivity index is 0.000000908. The Morgan fingerprint density at radius 2 is 1.75 bits per heavy atom. The second kappa shape index (κ2) is 17.5. The van der Waals surface area contributed by atoms with Crippen LogP contribution in [0.15, 0.2) is 24.3 Å². The number of hydrogen-bond donors (Lipinski definition) is 5. The fraction of sp³-hybridized carbons (Fsp3) is 0.588. The molecule has 1 aromatic carbocycles. The summed E-state index contributed by atoms with van der Waals surface area (Å²) in [5.41, 5.74) is 0.287. The average molecular weight is 726 g/mol. The van der Waals surface area contributed by atoms with Crippen LogP contribution in [0.5, 0.6) is 5.75 Å². The minimum absolute atomic E-state index is 0.0415. The lowest BCUT2D eigenvalue weighted by Crippen LogP contribution is -2.53. The zero-order valence-corrected chi connectivity index (χ0v) is 29.3. The van der Waals surface area contributed by atoms with Crippen LogP contribution in [0.1, 0.15) is 63.4 Å². The predicted octanol–water partition coefficient (Wildman–Crippen LogP) is 2.81. The van der Waals surface area contributed by atoms with Crippen LogP contribution in [-0.2, 0) is 28.7 Å². The van der Waals surface area contributed by atoms with E-state index in [2.05, 4.69) is 25.8 Å². The number of Topliss-reactive ketones (excluding diaryl/α,β-unsaturated/α-hetero) is 1. The molecule has 0 bridgehead atoms. The number of amides is 3. The number of nitrogens with one attached hydrogen (secondary N) is 4. The number of carbonyl (C=O) groups excluding carboxylic acids is 5. The molecule has 0 aliphatic carbocycles. The number of rotatable bonds is 13. The van der Waals surface area contributed by atoms with Gasteiger partial charge >= 0.3 is 18.1 Å². The number of benzene rings is 1. The summed E-state index contributed by atoms with van der Waals surface area (Å²) >= 11 is 0. The third-order valence-corrected chi connectivity index (χ3v) is 8.98. The Hall–Kier alpha value is -4.67. The minimum Gasteiger partial charge on any atom is -0.496 e. The van der Waals surface area contributed by atoms with Gasteiger partial charge in [-0.05, 0) is 83.3 Å². The number of piperidine rings is 1. The van der Waals surface area contributed by atoms with Crippen LogP contribution in [-0.4, -0.2) is 109 Å².